The van der Waals surface area contributed by atoms with Crippen LogP contribution in [0.2, 0.25) is 5.02 Å². The molecule has 0 aliphatic rings. The van der Waals surface area contributed by atoms with E-state index < -0.39 is 0 Å². The van der Waals surface area contributed by atoms with Gasteiger partial charge in [-0.15, -0.1) is 11.3 Å². The molecule has 0 fully saturated rings. The van der Waals surface area contributed by atoms with Crippen LogP contribution in [0, 0.1) is 0 Å². The van der Waals surface area contributed by atoms with Gasteiger partial charge in [0.25, 0.3) is 0 Å². The number of aliphatic hydroxyl groups excluding tert-OH is 1. The number of rotatable bonds is 5. The molecule has 0 saturated heterocycles. The first-order valence-electron chi connectivity index (χ1n) is 4.24. The van der Waals surface area contributed by atoms with Gasteiger partial charge in [0.05, 0.1) is 16.0 Å². The predicted molar refractivity (Wildman–Crippen MR) is 61.9 cm³/mol. The molecule has 0 aliphatic carbocycles. The average molecular weight is 237 g/mol. The summed E-state index contributed by atoms with van der Waals surface area (Å²) in [6, 6.07) is 1.83. The lowest BCUT2D eigenvalue weighted by molar-refractivity contribution is 0.179. The Morgan fingerprint density at radius 3 is 3.00 bits per heavy atom. The van der Waals surface area contributed by atoms with E-state index in [4.69, 9.17) is 11.6 Å². The molecule has 0 bridgehead atoms. The molecular formula is C9H13ClOS2. The minimum absolute atomic E-state index is 0.383. The Hall–Kier alpha value is 0.300. The summed E-state index contributed by atoms with van der Waals surface area (Å²) >= 11 is 9.26. The molecule has 74 valence electrons. The third kappa shape index (κ3) is 3.50. The largest absolute Gasteiger partial charge is 0.387 e. The Balaban J connectivity index is 2.39. The summed E-state index contributed by atoms with van der Waals surface area (Å²) < 4.78 is 0. The summed E-state index contributed by atoms with van der Waals surface area (Å²) in [5.74, 6) is 2.09. The Bertz CT molecular complexity index is 250. The maximum atomic E-state index is 9.73. The Morgan fingerprint density at radius 2 is 2.46 bits per heavy atom. The Kier molecular flexibility index (Phi) is 5.17. The van der Waals surface area contributed by atoms with Crippen molar-refractivity contribution in [1.82, 2.24) is 0 Å². The maximum Gasteiger partial charge on any atom is 0.0904 e. The maximum absolute atomic E-state index is 9.73. The molecule has 0 amide bonds. The molecule has 1 unspecified atom stereocenters. The summed E-state index contributed by atoms with van der Waals surface area (Å²) in [6.45, 7) is 2.12. The van der Waals surface area contributed by atoms with Crippen molar-refractivity contribution in [3.63, 3.8) is 0 Å². The minimum atomic E-state index is -0.383. The van der Waals surface area contributed by atoms with E-state index in [1.165, 1.54) is 11.3 Å². The molecule has 1 rings (SSSR count). The molecule has 1 heterocycles. The summed E-state index contributed by atoms with van der Waals surface area (Å²) in [5, 5.41) is 12.3. The van der Waals surface area contributed by atoms with Crippen molar-refractivity contribution in [3.05, 3.63) is 21.3 Å². The zero-order valence-corrected chi connectivity index (χ0v) is 9.88. The van der Waals surface area contributed by atoms with Crippen molar-refractivity contribution >= 4 is 34.7 Å². The highest BCUT2D eigenvalue weighted by Crippen LogP contribution is 2.30. The van der Waals surface area contributed by atoms with E-state index in [0.717, 1.165) is 22.8 Å². The Morgan fingerprint density at radius 1 is 1.69 bits per heavy atom. The van der Waals surface area contributed by atoms with E-state index >= 15 is 0 Å². The van der Waals surface area contributed by atoms with Crippen molar-refractivity contribution in [1.29, 1.82) is 0 Å². The van der Waals surface area contributed by atoms with Gasteiger partial charge in [0.1, 0.15) is 0 Å². The van der Waals surface area contributed by atoms with Crippen LogP contribution in [0.4, 0.5) is 0 Å². The van der Waals surface area contributed by atoms with Gasteiger partial charge in [-0.25, -0.2) is 0 Å². The van der Waals surface area contributed by atoms with E-state index in [-0.39, 0.29) is 6.10 Å². The smallest absolute Gasteiger partial charge is 0.0904 e. The van der Waals surface area contributed by atoms with Gasteiger partial charge in [0.15, 0.2) is 0 Å². The van der Waals surface area contributed by atoms with Gasteiger partial charge in [-0.05, 0) is 29.4 Å². The Labute approximate surface area is 92.1 Å². The van der Waals surface area contributed by atoms with Crippen molar-refractivity contribution in [2.24, 2.45) is 0 Å². The molecule has 1 atom stereocenters. The van der Waals surface area contributed by atoms with Crippen molar-refractivity contribution in [2.75, 3.05) is 11.5 Å². The first kappa shape index (κ1) is 11.4. The van der Waals surface area contributed by atoms with E-state index in [1.54, 1.807) is 0 Å². The van der Waals surface area contributed by atoms with Crippen LogP contribution in [0.25, 0.3) is 0 Å². The molecule has 4 heteroatoms. The zero-order valence-electron chi connectivity index (χ0n) is 7.50. The van der Waals surface area contributed by atoms with Crippen LogP contribution in [0.15, 0.2) is 11.4 Å². The fourth-order valence-electron chi connectivity index (χ4n) is 1.01. The van der Waals surface area contributed by atoms with Crippen molar-refractivity contribution in [3.8, 4) is 0 Å². The predicted octanol–water partition coefficient (Wildman–Crippen LogP) is 3.58. The second kappa shape index (κ2) is 5.91. The van der Waals surface area contributed by atoms with Crippen LogP contribution in [-0.2, 0) is 0 Å². The van der Waals surface area contributed by atoms with E-state index in [9.17, 15) is 5.11 Å². The average Bonchev–Trinajstić information content (AvgIpc) is 2.52. The van der Waals surface area contributed by atoms with Gasteiger partial charge in [-0.1, -0.05) is 18.5 Å². The zero-order chi connectivity index (χ0) is 9.68. The molecule has 1 aromatic rings. The van der Waals surface area contributed by atoms with Gasteiger partial charge < -0.3 is 5.11 Å². The number of aliphatic hydroxyl groups is 1. The van der Waals surface area contributed by atoms with Gasteiger partial charge in [0, 0.05) is 0 Å². The lowest BCUT2D eigenvalue weighted by Gasteiger charge is -2.07. The molecule has 0 spiro atoms. The van der Waals surface area contributed by atoms with Gasteiger partial charge in [-0.2, -0.15) is 11.8 Å². The first-order chi connectivity index (χ1) is 6.25. The number of halogens is 1. The molecule has 1 aromatic heterocycles. The van der Waals surface area contributed by atoms with Crippen LogP contribution >= 0.6 is 34.7 Å². The SMILES string of the molecule is CCSCCC(O)c1sccc1Cl. The summed E-state index contributed by atoms with van der Waals surface area (Å²) in [4.78, 5) is 0.901. The number of thiophene rings is 1. The van der Waals surface area contributed by atoms with Gasteiger partial charge in [-0.3, -0.25) is 0 Å². The molecule has 13 heavy (non-hydrogen) atoms. The standard InChI is InChI=1S/C9H13ClOS2/c1-2-12-5-4-8(11)9-7(10)3-6-13-9/h3,6,8,11H,2,4-5H2,1H3. The van der Waals surface area contributed by atoms with Crippen LogP contribution in [-0.4, -0.2) is 16.6 Å². The van der Waals surface area contributed by atoms with Crippen LogP contribution in [0.1, 0.15) is 24.3 Å². The van der Waals surface area contributed by atoms with E-state index in [0.29, 0.717) is 5.02 Å². The topological polar surface area (TPSA) is 20.2 Å². The summed E-state index contributed by atoms with van der Waals surface area (Å²) in [6.07, 6.45) is 0.408. The molecule has 1 nitrogen and oxygen atoms in total. The first-order valence-corrected chi connectivity index (χ1v) is 6.65. The second-order valence-corrected chi connectivity index (χ2v) is 5.38. The molecule has 1 N–H and O–H groups in total. The summed E-state index contributed by atoms with van der Waals surface area (Å²) in [5.41, 5.74) is 0. The fraction of sp³-hybridized carbons (Fsp3) is 0.556. The van der Waals surface area contributed by atoms with Crippen molar-refractivity contribution in [2.45, 2.75) is 19.4 Å². The fourth-order valence-corrected chi connectivity index (χ4v) is 2.90. The van der Waals surface area contributed by atoms with Crippen LogP contribution in [0.3, 0.4) is 0 Å². The highest BCUT2D eigenvalue weighted by atomic mass is 35.5. The highest BCUT2D eigenvalue weighted by Gasteiger charge is 2.12. The number of hydrogen-bond acceptors (Lipinski definition) is 3. The normalized spacial score (nSPS) is 13.2. The quantitative estimate of drug-likeness (QED) is 0.789. The lowest BCUT2D eigenvalue weighted by Crippen LogP contribution is -1.97. The molecule has 0 aliphatic heterocycles. The molecule has 0 saturated carbocycles. The van der Waals surface area contributed by atoms with Crippen LogP contribution in [0.5, 0.6) is 0 Å². The van der Waals surface area contributed by atoms with Crippen LogP contribution < -0.4 is 0 Å². The monoisotopic (exact) mass is 236 g/mol. The molecule has 0 aromatic carbocycles. The van der Waals surface area contributed by atoms with Gasteiger partial charge >= 0.3 is 0 Å². The lowest BCUT2D eigenvalue weighted by atomic mass is 10.2. The summed E-state index contributed by atoms with van der Waals surface area (Å²) in [7, 11) is 0. The third-order valence-electron chi connectivity index (χ3n) is 1.69. The number of hydrogen-bond donors (Lipinski definition) is 1. The third-order valence-corrected chi connectivity index (χ3v) is 4.08. The highest BCUT2D eigenvalue weighted by molar-refractivity contribution is 7.99. The second-order valence-electron chi connectivity index (χ2n) is 2.63. The minimum Gasteiger partial charge on any atom is -0.387 e. The molecule has 0 radical (unpaired) electrons. The van der Waals surface area contributed by atoms with E-state index in [2.05, 4.69) is 6.92 Å². The molecular weight excluding hydrogens is 224 g/mol. The number of thioether (sulfide) groups is 1. The van der Waals surface area contributed by atoms with Crippen molar-refractivity contribution < 1.29 is 5.11 Å². The van der Waals surface area contributed by atoms with E-state index in [1.807, 2.05) is 23.2 Å². The van der Waals surface area contributed by atoms with Gasteiger partial charge in [0.2, 0.25) is 0 Å².